The maximum absolute atomic E-state index is 12.0. The van der Waals surface area contributed by atoms with Crippen molar-refractivity contribution in [1.82, 2.24) is 0 Å². The number of rotatable bonds is 4. The quantitative estimate of drug-likeness (QED) is 0.621. The zero-order chi connectivity index (χ0) is 17.5. The minimum atomic E-state index is -0.651. The fraction of sp³-hybridized carbons (Fsp3) is 0.700. The van der Waals surface area contributed by atoms with Gasteiger partial charge in [0.1, 0.15) is 6.61 Å². The van der Waals surface area contributed by atoms with Gasteiger partial charge in [0.25, 0.3) is 0 Å². The summed E-state index contributed by atoms with van der Waals surface area (Å²) in [5, 5.41) is 9.85. The predicted octanol–water partition coefficient (Wildman–Crippen LogP) is 4.11. The van der Waals surface area contributed by atoms with Gasteiger partial charge in [0.05, 0.1) is 5.41 Å². The molecule has 0 unspecified atom stereocenters. The summed E-state index contributed by atoms with van der Waals surface area (Å²) < 4.78 is 5.00. The highest BCUT2D eigenvalue weighted by Gasteiger charge is 2.57. The molecule has 2 fully saturated rings. The SMILES string of the molecule is C=C1CC[C@H]2[C@@](C)(CCC[C@]2(C)C(=O)O)[C@@H]1CCC1=CC(=O)OC1. The van der Waals surface area contributed by atoms with Crippen molar-refractivity contribution < 1.29 is 19.4 Å². The van der Waals surface area contributed by atoms with Crippen LogP contribution in [-0.4, -0.2) is 23.7 Å². The number of allylic oxidation sites excluding steroid dienone is 1. The molecule has 4 nitrogen and oxygen atoms in total. The third kappa shape index (κ3) is 2.70. The molecule has 4 heteroatoms. The Labute approximate surface area is 144 Å². The molecule has 0 aromatic rings. The third-order valence-electron chi connectivity index (χ3n) is 6.98. The Kier molecular flexibility index (Phi) is 4.35. The molecule has 1 heterocycles. The van der Waals surface area contributed by atoms with E-state index < -0.39 is 11.4 Å². The van der Waals surface area contributed by atoms with Gasteiger partial charge in [-0.25, -0.2) is 4.79 Å². The monoisotopic (exact) mass is 332 g/mol. The lowest BCUT2D eigenvalue weighted by Gasteiger charge is -2.57. The van der Waals surface area contributed by atoms with Gasteiger partial charge in [0, 0.05) is 6.08 Å². The van der Waals surface area contributed by atoms with Crippen LogP contribution < -0.4 is 0 Å². The van der Waals surface area contributed by atoms with E-state index in [0.717, 1.165) is 50.5 Å². The average Bonchev–Trinajstić information content (AvgIpc) is 2.91. The number of fused-ring (bicyclic) bond motifs is 1. The van der Waals surface area contributed by atoms with Crippen LogP contribution in [0.25, 0.3) is 0 Å². The molecule has 0 radical (unpaired) electrons. The topological polar surface area (TPSA) is 63.6 Å². The number of esters is 1. The van der Waals surface area contributed by atoms with Crippen LogP contribution in [0.15, 0.2) is 23.8 Å². The van der Waals surface area contributed by atoms with Crippen molar-refractivity contribution >= 4 is 11.9 Å². The highest BCUT2D eigenvalue weighted by Crippen LogP contribution is 2.62. The number of carbonyl (C=O) groups is 2. The van der Waals surface area contributed by atoms with Crippen LogP contribution in [0.5, 0.6) is 0 Å². The lowest BCUT2D eigenvalue weighted by Crippen LogP contribution is -2.53. The molecule has 2 aliphatic carbocycles. The van der Waals surface area contributed by atoms with Crippen molar-refractivity contribution in [2.75, 3.05) is 6.61 Å². The molecule has 3 rings (SSSR count). The van der Waals surface area contributed by atoms with Crippen molar-refractivity contribution in [3.8, 4) is 0 Å². The molecule has 4 atom stereocenters. The molecule has 0 saturated heterocycles. The van der Waals surface area contributed by atoms with E-state index >= 15 is 0 Å². The van der Waals surface area contributed by atoms with E-state index in [0.29, 0.717) is 12.5 Å². The molecule has 0 aromatic carbocycles. The fourth-order valence-electron chi connectivity index (χ4n) is 5.63. The average molecular weight is 332 g/mol. The molecule has 0 aromatic heterocycles. The molecule has 24 heavy (non-hydrogen) atoms. The number of carboxylic acids is 1. The summed E-state index contributed by atoms with van der Waals surface area (Å²) >= 11 is 0. The van der Waals surface area contributed by atoms with Crippen LogP contribution in [0.1, 0.15) is 58.8 Å². The van der Waals surface area contributed by atoms with Gasteiger partial charge in [0.15, 0.2) is 0 Å². The van der Waals surface area contributed by atoms with Gasteiger partial charge in [-0.2, -0.15) is 0 Å². The molecule has 1 N–H and O–H groups in total. The van der Waals surface area contributed by atoms with Gasteiger partial charge in [-0.15, -0.1) is 0 Å². The summed E-state index contributed by atoms with van der Waals surface area (Å²) in [4.78, 5) is 23.2. The Hall–Kier alpha value is -1.58. The number of cyclic esters (lactones) is 1. The van der Waals surface area contributed by atoms with E-state index in [2.05, 4.69) is 13.5 Å². The first-order valence-electron chi connectivity index (χ1n) is 9.04. The minimum Gasteiger partial charge on any atom is -0.481 e. The third-order valence-corrected chi connectivity index (χ3v) is 6.98. The Morgan fingerprint density at radius 3 is 2.79 bits per heavy atom. The number of aliphatic carboxylic acids is 1. The largest absolute Gasteiger partial charge is 0.481 e. The molecule has 0 spiro atoms. The zero-order valence-electron chi connectivity index (χ0n) is 14.8. The number of carbonyl (C=O) groups excluding carboxylic acids is 1. The Balaban J connectivity index is 1.82. The van der Waals surface area contributed by atoms with E-state index in [-0.39, 0.29) is 17.3 Å². The number of carboxylic acid groups (broad SMARTS) is 1. The Bertz CT molecular complexity index is 605. The van der Waals surface area contributed by atoms with Gasteiger partial charge in [-0.3, -0.25) is 4.79 Å². The summed E-state index contributed by atoms with van der Waals surface area (Å²) in [5.41, 5.74) is 1.67. The van der Waals surface area contributed by atoms with Crippen molar-refractivity contribution in [3.63, 3.8) is 0 Å². The summed E-state index contributed by atoms with van der Waals surface area (Å²) in [6.07, 6.45) is 8.03. The summed E-state index contributed by atoms with van der Waals surface area (Å²) in [7, 11) is 0. The second-order valence-corrected chi connectivity index (χ2v) is 8.33. The molecular formula is C20H28O4. The first kappa shape index (κ1) is 17.2. The van der Waals surface area contributed by atoms with E-state index in [1.807, 2.05) is 6.92 Å². The lowest BCUT2D eigenvalue weighted by atomic mass is 9.46. The maximum atomic E-state index is 12.0. The van der Waals surface area contributed by atoms with Crippen molar-refractivity contribution in [2.45, 2.75) is 58.8 Å². The van der Waals surface area contributed by atoms with Crippen LogP contribution in [0.4, 0.5) is 0 Å². The fourth-order valence-corrected chi connectivity index (χ4v) is 5.63. The van der Waals surface area contributed by atoms with Crippen molar-refractivity contribution in [3.05, 3.63) is 23.8 Å². The summed E-state index contributed by atoms with van der Waals surface area (Å²) in [6, 6.07) is 0. The first-order chi connectivity index (χ1) is 11.3. The van der Waals surface area contributed by atoms with Crippen LogP contribution in [-0.2, 0) is 14.3 Å². The van der Waals surface area contributed by atoms with Gasteiger partial charge >= 0.3 is 11.9 Å². The predicted molar refractivity (Wildman–Crippen MR) is 91.3 cm³/mol. The van der Waals surface area contributed by atoms with E-state index in [4.69, 9.17) is 4.74 Å². The van der Waals surface area contributed by atoms with E-state index in [1.165, 1.54) is 5.57 Å². The van der Waals surface area contributed by atoms with Crippen molar-refractivity contribution in [2.24, 2.45) is 22.7 Å². The second kappa shape index (κ2) is 6.05. The number of hydrogen-bond donors (Lipinski definition) is 1. The number of ether oxygens (including phenoxy) is 1. The molecule has 1 aliphatic heterocycles. The van der Waals surface area contributed by atoms with Crippen LogP contribution in [0, 0.1) is 22.7 Å². The standard InChI is InChI=1S/C20H28O4/c1-13-5-8-16-19(2,9-4-10-20(16,3)18(22)23)15(13)7-6-14-11-17(21)24-12-14/h11,15-16H,1,4-10,12H2,2-3H3,(H,22,23)/t15-,16+,19+,20+/m1/s1. The summed E-state index contributed by atoms with van der Waals surface area (Å²) in [5.74, 6) is -0.371. The maximum Gasteiger partial charge on any atom is 0.331 e. The van der Waals surface area contributed by atoms with Gasteiger partial charge in [0.2, 0.25) is 0 Å². The minimum absolute atomic E-state index is 0.00917. The zero-order valence-corrected chi connectivity index (χ0v) is 14.8. The molecule has 0 amide bonds. The van der Waals surface area contributed by atoms with Gasteiger partial charge < -0.3 is 9.84 Å². The lowest BCUT2D eigenvalue weighted by molar-refractivity contribution is -0.164. The van der Waals surface area contributed by atoms with Gasteiger partial charge in [-0.1, -0.05) is 25.5 Å². The van der Waals surface area contributed by atoms with Crippen molar-refractivity contribution in [1.29, 1.82) is 0 Å². The Morgan fingerprint density at radius 1 is 1.42 bits per heavy atom. The normalized spacial score (nSPS) is 39.2. The molecular weight excluding hydrogens is 304 g/mol. The number of hydrogen-bond acceptors (Lipinski definition) is 3. The smallest absolute Gasteiger partial charge is 0.331 e. The highest BCUT2D eigenvalue weighted by molar-refractivity contribution is 5.85. The van der Waals surface area contributed by atoms with E-state index in [1.54, 1.807) is 6.08 Å². The second-order valence-electron chi connectivity index (χ2n) is 8.33. The van der Waals surface area contributed by atoms with Crippen LogP contribution in [0.2, 0.25) is 0 Å². The summed E-state index contributed by atoms with van der Waals surface area (Å²) in [6.45, 7) is 8.94. The molecule has 0 bridgehead atoms. The molecule has 2 saturated carbocycles. The van der Waals surface area contributed by atoms with Gasteiger partial charge in [-0.05, 0) is 68.3 Å². The van der Waals surface area contributed by atoms with Crippen LogP contribution >= 0.6 is 0 Å². The van der Waals surface area contributed by atoms with Crippen LogP contribution in [0.3, 0.4) is 0 Å². The molecule has 132 valence electrons. The highest BCUT2D eigenvalue weighted by atomic mass is 16.5. The molecule has 3 aliphatic rings. The first-order valence-corrected chi connectivity index (χ1v) is 9.04. The van der Waals surface area contributed by atoms with E-state index in [9.17, 15) is 14.7 Å². The Morgan fingerprint density at radius 2 is 2.17 bits per heavy atom.